The first-order chi connectivity index (χ1) is 8.83. The molecule has 0 N–H and O–H groups in total. The summed E-state index contributed by atoms with van der Waals surface area (Å²) in [7, 11) is 3.31. The summed E-state index contributed by atoms with van der Waals surface area (Å²) in [5, 5.41) is 0. The molecule has 1 aromatic heterocycles. The highest BCUT2D eigenvalue weighted by molar-refractivity contribution is 5.42. The van der Waals surface area contributed by atoms with Gasteiger partial charge in [0.25, 0.3) is 0 Å². The molecule has 96 valence electrons. The molecule has 1 aromatic carbocycles. The second kappa shape index (κ2) is 6.10. The fourth-order valence-electron chi connectivity index (χ4n) is 1.92. The maximum atomic E-state index is 5.29. The van der Waals surface area contributed by atoms with Crippen LogP contribution in [0, 0.1) is 0 Å². The average Bonchev–Trinajstić information content (AvgIpc) is 2.91. The van der Waals surface area contributed by atoms with Gasteiger partial charge in [0, 0.05) is 18.9 Å². The van der Waals surface area contributed by atoms with Crippen LogP contribution in [-0.4, -0.2) is 23.8 Å². The van der Waals surface area contributed by atoms with E-state index in [1.807, 2.05) is 24.7 Å². The van der Waals surface area contributed by atoms with Crippen LogP contribution < -0.4 is 9.47 Å². The van der Waals surface area contributed by atoms with E-state index in [2.05, 4.69) is 15.6 Å². The van der Waals surface area contributed by atoms with E-state index in [0.717, 1.165) is 30.9 Å². The minimum atomic E-state index is 0.774. The number of benzene rings is 1. The molecule has 0 saturated carbocycles. The maximum absolute atomic E-state index is 5.29. The molecule has 4 heteroatoms. The van der Waals surface area contributed by atoms with Crippen molar-refractivity contribution in [1.82, 2.24) is 9.55 Å². The SMILES string of the molecule is COc1ccc(CCCn2ccnc2)cc1OC. The third kappa shape index (κ3) is 3.03. The molecule has 0 bridgehead atoms. The normalized spacial score (nSPS) is 10.3. The number of rotatable bonds is 6. The summed E-state index contributed by atoms with van der Waals surface area (Å²) in [5.74, 6) is 1.56. The molecular formula is C14H18N2O2. The Labute approximate surface area is 107 Å². The lowest BCUT2D eigenvalue weighted by molar-refractivity contribution is 0.354. The van der Waals surface area contributed by atoms with Crippen molar-refractivity contribution in [1.29, 1.82) is 0 Å². The van der Waals surface area contributed by atoms with Crippen LogP contribution in [0.2, 0.25) is 0 Å². The summed E-state index contributed by atoms with van der Waals surface area (Å²) in [6, 6.07) is 6.06. The summed E-state index contributed by atoms with van der Waals surface area (Å²) < 4.78 is 12.6. The number of aromatic nitrogens is 2. The Kier molecular flexibility index (Phi) is 4.23. The van der Waals surface area contributed by atoms with Gasteiger partial charge in [-0.3, -0.25) is 0 Å². The lowest BCUT2D eigenvalue weighted by atomic mass is 10.1. The van der Waals surface area contributed by atoms with Gasteiger partial charge in [0.15, 0.2) is 11.5 Å². The highest BCUT2D eigenvalue weighted by Gasteiger charge is 2.04. The zero-order valence-electron chi connectivity index (χ0n) is 10.8. The lowest BCUT2D eigenvalue weighted by Crippen LogP contribution is -1.97. The van der Waals surface area contributed by atoms with E-state index >= 15 is 0 Å². The van der Waals surface area contributed by atoms with Crippen LogP contribution in [0.1, 0.15) is 12.0 Å². The number of methoxy groups -OCH3 is 2. The van der Waals surface area contributed by atoms with Gasteiger partial charge in [0.2, 0.25) is 0 Å². The highest BCUT2D eigenvalue weighted by Crippen LogP contribution is 2.27. The van der Waals surface area contributed by atoms with E-state index in [-0.39, 0.29) is 0 Å². The topological polar surface area (TPSA) is 36.3 Å². The number of hydrogen-bond donors (Lipinski definition) is 0. The highest BCUT2D eigenvalue weighted by atomic mass is 16.5. The molecule has 2 aromatic rings. The molecular weight excluding hydrogens is 228 g/mol. The van der Waals surface area contributed by atoms with Crippen molar-refractivity contribution in [2.45, 2.75) is 19.4 Å². The van der Waals surface area contributed by atoms with Crippen LogP contribution in [0.15, 0.2) is 36.9 Å². The first-order valence-electron chi connectivity index (χ1n) is 6.00. The van der Waals surface area contributed by atoms with Crippen LogP contribution in [0.3, 0.4) is 0 Å². The average molecular weight is 246 g/mol. The third-order valence-corrected chi connectivity index (χ3v) is 2.89. The van der Waals surface area contributed by atoms with Crippen molar-refractivity contribution >= 4 is 0 Å². The number of ether oxygens (including phenoxy) is 2. The molecule has 0 aliphatic rings. The van der Waals surface area contributed by atoms with Crippen LogP contribution in [0.4, 0.5) is 0 Å². The second-order valence-corrected chi connectivity index (χ2v) is 4.09. The molecule has 4 nitrogen and oxygen atoms in total. The predicted octanol–water partition coefficient (Wildman–Crippen LogP) is 2.53. The van der Waals surface area contributed by atoms with Gasteiger partial charge in [-0.1, -0.05) is 6.07 Å². The van der Waals surface area contributed by atoms with Crippen molar-refractivity contribution in [2.24, 2.45) is 0 Å². The maximum Gasteiger partial charge on any atom is 0.160 e. The number of nitrogens with zero attached hydrogens (tertiary/aromatic N) is 2. The monoisotopic (exact) mass is 246 g/mol. The summed E-state index contributed by atoms with van der Waals surface area (Å²) in [6.45, 7) is 0.981. The van der Waals surface area contributed by atoms with Crippen molar-refractivity contribution in [3.05, 3.63) is 42.5 Å². The van der Waals surface area contributed by atoms with Gasteiger partial charge < -0.3 is 14.0 Å². The third-order valence-electron chi connectivity index (χ3n) is 2.89. The van der Waals surface area contributed by atoms with Crippen molar-refractivity contribution in [2.75, 3.05) is 14.2 Å². The zero-order valence-corrected chi connectivity index (χ0v) is 10.8. The number of aryl methyl sites for hydroxylation is 2. The molecule has 0 unspecified atom stereocenters. The molecule has 2 rings (SSSR count). The second-order valence-electron chi connectivity index (χ2n) is 4.09. The fraction of sp³-hybridized carbons (Fsp3) is 0.357. The van der Waals surface area contributed by atoms with Gasteiger partial charge >= 0.3 is 0 Å². The molecule has 0 fully saturated rings. The zero-order chi connectivity index (χ0) is 12.8. The molecule has 0 atom stereocenters. The first-order valence-corrected chi connectivity index (χ1v) is 6.00. The quantitative estimate of drug-likeness (QED) is 0.786. The molecule has 0 aliphatic carbocycles. The smallest absolute Gasteiger partial charge is 0.160 e. The fourth-order valence-corrected chi connectivity index (χ4v) is 1.92. The Bertz CT molecular complexity index is 481. The molecule has 0 spiro atoms. The van der Waals surface area contributed by atoms with Crippen molar-refractivity contribution < 1.29 is 9.47 Å². The largest absolute Gasteiger partial charge is 0.493 e. The van der Waals surface area contributed by atoms with Crippen LogP contribution in [0.25, 0.3) is 0 Å². The molecule has 0 amide bonds. The van der Waals surface area contributed by atoms with E-state index < -0.39 is 0 Å². The van der Waals surface area contributed by atoms with Crippen LogP contribution in [0.5, 0.6) is 11.5 Å². The molecule has 1 heterocycles. The van der Waals surface area contributed by atoms with E-state index in [1.54, 1.807) is 20.4 Å². The minimum Gasteiger partial charge on any atom is -0.493 e. The molecule has 0 radical (unpaired) electrons. The Morgan fingerprint density at radius 1 is 1.17 bits per heavy atom. The van der Waals surface area contributed by atoms with Gasteiger partial charge in [-0.25, -0.2) is 4.98 Å². The van der Waals surface area contributed by atoms with Gasteiger partial charge in [0.05, 0.1) is 20.5 Å². The summed E-state index contributed by atoms with van der Waals surface area (Å²) in [4.78, 5) is 4.02. The Morgan fingerprint density at radius 2 is 2.00 bits per heavy atom. The Hall–Kier alpha value is -1.97. The van der Waals surface area contributed by atoms with Gasteiger partial charge in [-0.15, -0.1) is 0 Å². The van der Waals surface area contributed by atoms with Crippen molar-refractivity contribution in [3.63, 3.8) is 0 Å². The predicted molar refractivity (Wildman–Crippen MR) is 70.1 cm³/mol. The summed E-state index contributed by atoms with van der Waals surface area (Å²) >= 11 is 0. The Morgan fingerprint density at radius 3 is 2.67 bits per heavy atom. The molecule has 0 aliphatic heterocycles. The number of hydrogen-bond acceptors (Lipinski definition) is 3. The van der Waals surface area contributed by atoms with E-state index in [1.165, 1.54) is 5.56 Å². The first kappa shape index (κ1) is 12.5. The Balaban J connectivity index is 1.93. The van der Waals surface area contributed by atoms with E-state index in [9.17, 15) is 0 Å². The standard InChI is InChI=1S/C14H18N2O2/c1-17-13-6-5-12(10-14(13)18-2)4-3-8-16-9-7-15-11-16/h5-7,9-11H,3-4,8H2,1-2H3. The molecule has 0 saturated heterocycles. The van der Waals surface area contributed by atoms with Gasteiger partial charge in [0.1, 0.15) is 0 Å². The summed E-state index contributed by atoms with van der Waals surface area (Å²) in [6.07, 6.45) is 7.71. The van der Waals surface area contributed by atoms with Gasteiger partial charge in [-0.2, -0.15) is 0 Å². The van der Waals surface area contributed by atoms with Crippen LogP contribution in [-0.2, 0) is 13.0 Å². The number of imidazole rings is 1. The van der Waals surface area contributed by atoms with E-state index in [4.69, 9.17) is 9.47 Å². The van der Waals surface area contributed by atoms with Gasteiger partial charge in [-0.05, 0) is 30.5 Å². The lowest BCUT2D eigenvalue weighted by Gasteiger charge is -2.09. The summed E-state index contributed by atoms with van der Waals surface area (Å²) in [5.41, 5.74) is 1.26. The van der Waals surface area contributed by atoms with E-state index in [0.29, 0.717) is 0 Å². The minimum absolute atomic E-state index is 0.774. The van der Waals surface area contributed by atoms with Crippen LogP contribution >= 0.6 is 0 Å². The van der Waals surface area contributed by atoms with Crippen molar-refractivity contribution in [3.8, 4) is 11.5 Å². The molecule has 18 heavy (non-hydrogen) atoms.